The number of fused-ring (bicyclic) bond motifs is 1. The van der Waals surface area contributed by atoms with Crippen molar-refractivity contribution in [3.8, 4) is 0 Å². The average molecular weight is 174 g/mol. The maximum atomic E-state index is 5.93. The fourth-order valence-electron chi connectivity index (χ4n) is 1.71. The minimum atomic E-state index is 0.384. The van der Waals surface area contributed by atoms with E-state index in [1.54, 1.807) is 0 Å². The summed E-state index contributed by atoms with van der Waals surface area (Å²) < 4.78 is 0. The molecule has 68 valence electrons. The Morgan fingerprint density at radius 3 is 2.77 bits per heavy atom. The van der Waals surface area contributed by atoms with E-state index in [4.69, 9.17) is 5.73 Å². The number of hydrogen-bond donors (Lipinski definition) is 1. The minimum Gasteiger partial charge on any atom is -0.398 e. The first kappa shape index (κ1) is 8.17. The second-order valence-corrected chi connectivity index (χ2v) is 3.49. The molecule has 2 rings (SSSR count). The van der Waals surface area contributed by atoms with E-state index in [0.717, 1.165) is 11.3 Å². The molecule has 2 nitrogen and oxygen atoms in total. The Labute approximate surface area is 78.7 Å². The third-order valence-corrected chi connectivity index (χ3v) is 2.63. The summed E-state index contributed by atoms with van der Waals surface area (Å²) in [5.41, 5.74) is 9.18. The average Bonchev–Trinajstić information content (AvgIpc) is 2.15. The van der Waals surface area contributed by atoms with Crippen LogP contribution in [0.5, 0.6) is 0 Å². The lowest BCUT2D eigenvalue weighted by atomic mass is 10.0. The molecule has 2 heteroatoms. The molecule has 0 aromatic heterocycles. The van der Waals surface area contributed by atoms with E-state index in [9.17, 15) is 0 Å². The minimum absolute atomic E-state index is 0.384. The smallest absolute Gasteiger partial charge is 0.0464 e. The Morgan fingerprint density at radius 1 is 1.31 bits per heavy atom. The fraction of sp³-hybridized carbons (Fsp3) is 0.273. The van der Waals surface area contributed by atoms with Gasteiger partial charge in [-0.3, -0.25) is 0 Å². The Kier molecular flexibility index (Phi) is 1.76. The second-order valence-electron chi connectivity index (χ2n) is 3.49. The zero-order valence-electron chi connectivity index (χ0n) is 7.99. The molecule has 0 radical (unpaired) electrons. The van der Waals surface area contributed by atoms with Crippen LogP contribution in [0.15, 0.2) is 30.3 Å². The molecule has 1 aromatic rings. The molecule has 0 amide bonds. The zero-order chi connectivity index (χ0) is 9.42. The lowest BCUT2D eigenvalue weighted by Crippen LogP contribution is -2.31. The molecule has 2 N–H and O–H groups in total. The summed E-state index contributed by atoms with van der Waals surface area (Å²) in [6, 6.07) is 8.61. The predicted molar refractivity (Wildman–Crippen MR) is 56.5 cm³/mol. The van der Waals surface area contributed by atoms with Gasteiger partial charge in [0.1, 0.15) is 0 Å². The van der Waals surface area contributed by atoms with Crippen molar-refractivity contribution in [2.45, 2.75) is 13.0 Å². The molecule has 0 saturated heterocycles. The molecule has 1 atom stereocenters. The second kappa shape index (κ2) is 2.80. The summed E-state index contributed by atoms with van der Waals surface area (Å²) in [7, 11) is 2.09. The number of rotatable bonds is 0. The van der Waals surface area contributed by atoms with Crippen LogP contribution in [0.1, 0.15) is 12.5 Å². The van der Waals surface area contributed by atoms with Crippen molar-refractivity contribution in [1.29, 1.82) is 0 Å². The number of hydrogen-bond acceptors (Lipinski definition) is 2. The van der Waals surface area contributed by atoms with Gasteiger partial charge in [0.25, 0.3) is 0 Å². The van der Waals surface area contributed by atoms with Crippen molar-refractivity contribution >= 4 is 11.4 Å². The molecule has 1 aliphatic heterocycles. The fourth-order valence-corrected chi connectivity index (χ4v) is 1.71. The summed E-state index contributed by atoms with van der Waals surface area (Å²) in [6.07, 6.45) is 2.09. The molecule has 0 saturated carbocycles. The first-order valence-corrected chi connectivity index (χ1v) is 4.49. The van der Waals surface area contributed by atoms with E-state index in [1.807, 2.05) is 12.1 Å². The lowest BCUT2D eigenvalue weighted by molar-refractivity contribution is 0.812. The van der Waals surface area contributed by atoms with Gasteiger partial charge in [-0.15, -0.1) is 0 Å². The number of benzene rings is 1. The van der Waals surface area contributed by atoms with Gasteiger partial charge in [-0.1, -0.05) is 18.2 Å². The van der Waals surface area contributed by atoms with E-state index < -0.39 is 0 Å². The molecule has 0 fully saturated rings. The van der Waals surface area contributed by atoms with Crippen LogP contribution < -0.4 is 10.6 Å². The van der Waals surface area contributed by atoms with Crippen molar-refractivity contribution in [3.05, 3.63) is 35.9 Å². The van der Waals surface area contributed by atoms with Gasteiger partial charge in [-0.05, 0) is 19.1 Å². The summed E-state index contributed by atoms with van der Waals surface area (Å²) in [5.74, 6) is 0. The Bertz CT molecular complexity index is 355. The van der Waals surface area contributed by atoms with Crippen molar-refractivity contribution in [3.63, 3.8) is 0 Å². The number of likely N-dealkylation sites (N-methyl/N-ethyl adjacent to an activating group) is 1. The molecule has 1 heterocycles. The van der Waals surface area contributed by atoms with Gasteiger partial charge in [-0.25, -0.2) is 0 Å². The highest BCUT2D eigenvalue weighted by molar-refractivity contribution is 5.78. The maximum absolute atomic E-state index is 5.93. The van der Waals surface area contributed by atoms with Crippen LogP contribution in [-0.2, 0) is 0 Å². The Hall–Kier alpha value is -1.44. The van der Waals surface area contributed by atoms with Gasteiger partial charge in [0.05, 0.1) is 0 Å². The van der Waals surface area contributed by atoms with Crippen LogP contribution in [-0.4, -0.2) is 13.1 Å². The summed E-state index contributed by atoms with van der Waals surface area (Å²) in [6.45, 7) is 2.14. The molecule has 0 spiro atoms. The third kappa shape index (κ3) is 1.18. The molecule has 1 aliphatic rings. The first-order valence-electron chi connectivity index (χ1n) is 4.49. The highest BCUT2D eigenvalue weighted by Gasteiger charge is 2.18. The topological polar surface area (TPSA) is 29.3 Å². The third-order valence-electron chi connectivity index (χ3n) is 2.63. The summed E-state index contributed by atoms with van der Waals surface area (Å²) in [4.78, 5) is 2.23. The van der Waals surface area contributed by atoms with Crippen LogP contribution in [0.25, 0.3) is 5.70 Å². The van der Waals surface area contributed by atoms with Crippen LogP contribution in [0.3, 0.4) is 0 Å². The first-order chi connectivity index (χ1) is 6.20. The number of nitrogens with two attached hydrogens (primary N) is 1. The van der Waals surface area contributed by atoms with Gasteiger partial charge >= 0.3 is 0 Å². The van der Waals surface area contributed by atoms with Crippen LogP contribution in [0.2, 0.25) is 0 Å². The largest absolute Gasteiger partial charge is 0.398 e. The monoisotopic (exact) mass is 174 g/mol. The highest BCUT2D eigenvalue weighted by Crippen LogP contribution is 2.29. The van der Waals surface area contributed by atoms with E-state index in [-0.39, 0.29) is 0 Å². The molecular weight excluding hydrogens is 160 g/mol. The standard InChI is InChI=1S/C11H14N2/c1-8-7-10(12)9-5-3-4-6-11(9)13(8)2/h3-8H,12H2,1-2H3. The zero-order valence-corrected chi connectivity index (χ0v) is 7.99. The van der Waals surface area contributed by atoms with E-state index in [2.05, 4.69) is 37.1 Å². The van der Waals surface area contributed by atoms with E-state index >= 15 is 0 Å². The van der Waals surface area contributed by atoms with Gasteiger partial charge in [0, 0.05) is 30.0 Å². The Morgan fingerprint density at radius 2 is 2.00 bits per heavy atom. The number of nitrogens with zero attached hydrogens (tertiary/aromatic N) is 1. The molecular formula is C11H14N2. The van der Waals surface area contributed by atoms with Crippen molar-refractivity contribution in [2.75, 3.05) is 11.9 Å². The maximum Gasteiger partial charge on any atom is 0.0464 e. The van der Waals surface area contributed by atoms with E-state index in [0.29, 0.717) is 6.04 Å². The normalized spacial score (nSPS) is 20.9. The SMILES string of the molecule is CC1C=C(N)c2ccccc2N1C. The van der Waals surface area contributed by atoms with Crippen LogP contribution in [0, 0.1) is 0 Å². The van der Waals surface area contributed by atoms with Gasteiger partial charge in [0.2, 0.25) is 0 Å². The van der Waals surface area contributed by atoms with E-state index in [1.165, 1.54) is 5.69 Å². The molecule has 1 aromatic carbocycles. The summed E-state index contributed by atoms with van der Waals surface area (Å²) >= 11 is 0. The molecule has 13 heavy (non-hydrogen) atoms. The van der Waals surface area contributed by atoms with Gasteiger partial charge in [0.15, 0.2) is 0 Å². The summed E-state index contributed by atoms with van der Waals surface area (Å²) in [5, 5.41) is 0. The lowest BCUT2D eigenvalue weighted by Gasteiger charge is -2.31. The van der Waals surface area contributed by atoms with Crippen LogP contribution in [0.4, 0.5) is 5.69 Å². The van der Waals surface area contributed by atoms with Crippen molar-refractivity contribution < 1.29 is 0 Å². The van der Waals surface area contributed by atoms with Gasteiger partial charge in [-0.2, -0.15) is 0 Å². The van der Waals surface area contributed by atoms with Crippen molar-refractivity contribution in [1.82, 2.24) is 0 Å². The quantitative estimate of drug-likeness (QED) is 0.650. The van der Waals surface area contributed by atoms with Crippen molar-refractivity contribution in [2.24, 2.45) is 5.73 Å². The highest BCUT2D eigenvalue weighted by atomic mass is 15.1. The van der Waals surface area contributed by atoms with Gasteiger partial charge < -0.3 is 10.6 Å². The predicted octanol–water partition coefficient (Wildman–Crippen LogP) is 1.82. The molecule has 1 unspecified atom stereocenters. The molecule has 0 aliphatic carbocycles. The van der Waals surface area contributed by atoms with Crippen LogP contribution >= 0.6 is 0 Å². The number of para-hydroxylation sites is 1. The number of anilines is 1. The molecule has 0 bridgehead atoms. The Balaban J connectivity index is 2.58.